The molecule has 0 radical (unpaired) electrons. The second kappa shape index (κ2) is 11.8. The number of likely N-dealkylation sites (tertiary alicyclic amines) is 1. The average Bonchev–Trinajstić information content (AvgIpc) is 3.41. The third-order valence-corrected chi connectivity index (χ3v) is 9.18. The summed E-state index contributed by atoms with van der Waals surface area (Å²) in [4.78, 5) is 58.4. The van der Waals surface area contributed by atoms with Gasteiger partial charge in [0.2, 0.25) is 11.8 Å². The fourth-order valence-corrected chi connectivity index (χ4v) is 7.23. The van der Waals surface area contributed by atoms with Gasteiger partial charge in [-0.1, -0.05) is 13.0 Å². The van der Waals surface area contributed by atoms with Crippen molar-refractivity contribution >= 4 is 29.7 Å². The molecule has 13 heteroatoms. The van der Waals surface area contributed by atoms with Gasteiger partial charge in [-0.3, -0.25) is 19.4 Å². The van der Waals surface area contributed by atoms with Crippen molar-refractivity contribution in [3.05, 3.63) is 23.3 Å². The van der Waals surface area contributed by atoms with Gasteiger partial charge in [0.1, 0.15) is 6.04 Å². The Morgan fingerprint density at radius 2 is 2.10 bits per heavy atom. The van der Waals surface area contributed by atoms with Crippen molar-refractivity contribution in [3.8, 4) is 11.5 Å². The molecule has 2 aliphatic heterocycles. The van der Waals surface area contributed by atoms with Gasteiger partial charge in [0.05, 0.1) is 5.41 Å². The highest BCUT2D eigenvalue weighted by molar-refractivity contribution is 5.90. The molecule has 42 heavy (non-hydrogen) atoms. The van der Waals surface area contributed by atoms with Crippen molar-refractivity contribution in [1.29, 1.82) is 0 Å². The van der Waals surface area contributed by atoms with Crippen LogP contribution in [0.5, 0.6) is 11.5 Å². The first-order valence-electron chi connectivity index (χ1n) is 14.7. The largest absolute Gasteiger partial charge is 0.477 e. The van der Waals surface area contributed by atoms with Gasteiger partial charge in [-0.25, -0.2) is 4.79 Å². The standard InChI is InChI=1S/C29H41N7O6/c1-4-22(38)34-18(6-5-11-33-27(30)31)26(39)32-12-13-35(2)28(40)41-21-10-7-16-14-19-17-8-9-20(37)25-29(17,15-36(19)3)23(16)24(21)42-25/h7,10,17-19,25H,4-6,8-9,11-15H2,1-3H3,(H,32,39)(H,34,38)(H4,30,31,33)/t17?,18-,19+,25?,29-/m0/s1. The van der Waals surface area contributed by atoms with E-state index < -0.39 is 18.2 Å². The zero-order chi connectivity index (χ0) is 30.2. The van der Waals surface area contributed by atoms with Gasteiger partial charge in [-0.2, -0.15) is 0 Å². The van der Waals surface area contributed by atoms with Crippen LogP contribution in [-0.4, -0.2) is 97.9 Å². The Bertz CT molecular complexity index is 1300. The summed E-state index contributed by atoms with van der Waals surface area (Å²) in [7, 11) is 3.69. The number of aliphatic imine (C=N–C) groups is 1. The Kier molecular flexibility index (Phi) is 8.31. The summed E-state index contributed by atoms with van der Waals surface area (Å²) in [5, 5.41) is 5.49. The summed E-state index contributed by atoms with van der Waals surface area (Å²) in [6.45, 7) is 3.12. The summed E-state index contributed by atoms with van der Waals surface area (Å²) in [6, 6.07) is 3.38. The van der Waals surface area contributed by atoms with E-state index in [0.29, 0.717) is 49.3 Å². The van der Waals surface area contributed by atoms with E-state index in [1.54, 1.807) is 20.0 Å². The van der Waals surface area contributed by atoms with Gasteiger partial charge < -0.3 is 41.4 Å². The van der Waals surface area contributed by atoms with E-state index in [4.69, 9.17) is 20.9 Å². The van der Waals surface area contributed by atoms with Gasteiger partial charge in [-0.15, -0.1) is 0 Å². The van der Waals surface area contributed by atoms with E-state index >= 15 is 0 Å². The molecule has 2 bridgehead atoms. The molecule has 1 saturated carbocycles. The number of guanidine groups is 1. The molecule has 4 aliphatic rings. The lowest BCUT2D eigenvalue weighted by Gasteiger charge is -2.43. The Balaban J connectivity index is 1.20. The van der Waals surface area contributed by atoms with E-state index in [2.05, 4.69) is 27.6 Å². The fourth-order valence-electron chi connectivity index (χ4n) is 7.23. The Labute approximate surface area is 245 Å². The first-order valence-corrected chi connectivity index (χ1v) is 14.7. The number of ether oxygens (including phenoxy) is 2. The van der Waals surface area contributed by atoms with Crippen LogP contribution >= 0.6 is 0 Å². The van der Waals surface area contributed by atoms with Crippen molar-refractivity contribution < 1.29 is 28.7 Å². The summed E-state index contributed by atoms with van der Waals surface area (Å²) < 4.78 is 12.1. The van der Waals surface area contributed by atoms with Crippen LogP contribution in [0.1, 0.15) is 50.2 Å². The molecular formula is C29H41N7O6. The number of ketones is 1. The molecule has 1 saturated heterocycles. The first kappa shape index (κ1) is 29.6. The van der Waals surface area contributed by atoms with Crippen LogP contribution in [0.4, 0.5) is 4.79 Å². The Morgan fingerprint density at radius 3 is 2.83 bits per heavy atom. The smallest absolute Gasteiger partial charge is 0.415 e. The molecule has 228 valence electrons. The molecule has 1 aromatic carbocycles. The SMILES string of the molecule is CCC(=O)N[C@@H](CCCN=C(N)N)C(=O)NCCN(C)C(=O)Oc1ccc2c3c1OC1C(=O)CCC4[C@@H](C2)N(C)C[C@]314. The third kappa shape index (κ3) is 5.25. The highest BCUT2D eigenvalue weighted by atomic mass is 16.6. The second-order valence-electron chi connectivity index (χ2n) is 11.8. The van der Waals surface area contributed by atoms with Gasteiger partial charge in [0, 0.05) is 57.7 Å². The summed E-state index contributed by atoms with van der Waals surface area (Å²) >= 11 is 0. The number of Topliss-reactive ketones (excluding diaryl/α,β-unsaturated/α-hetero) is 1. The quantitative estimate of drug-likeness (QED) is 0.159. The molecule has 3 amide bonds. The number of likely N-dealkylation sites (N-methyl/N-ethyl adjacent to an activating group) is 2. The summed E-state index contributed by atoms with van der Waals surface area (Å²) in [5.74, 6) is 0.631. The number of rotatable bonds is 11. The number of nitrogens with zero attached hydrogens (tertiary/aromatic N) is 3. The van der Waals surface area contributed by atoms with Crippen LogP contribution in [0.2, 0.25) is 0 Å². The van der Waals surface area contributed by atoms with Gasteiger partial charge in [0.25, 0.3) is 0 Å². The number of amides is 3. The summed E-state index contributed by atoms with van der Waals surface area (Å²) in [6.07, 6.45) is 2.19. The molecule has 5 rings (SSSR count). The minimum absolute atomic E-state index is 0.0327. The maximum absolute atomic E-state index is 13.1. The molecule has 2 unspecified atom stereocenters. The van der Waals surface area contributed by atoms with E-state index in [1.165, 1.54) is 4.90 Å². The number of nitrogens with two attached hydrogens (primary N) is 2. The monoisotopic (exact) mass is 583 g/mol. The lowest BCUT2D eigenvalue weighted by Crippen LogP contribution is -2.55. The molecule has 0 aromatic heterocycles. The van der Waals surface area contributed by atoms with E-state index in [1.807, 2.05) is 6.07 Å². The third-order valence-electron chi connectivity index (χ3n) is 9.18. The predicted molar refractivity (Wildman–Crippen MR) is 154 cm³/mol. The lowest BCUT2D eigenvalue weighted by molar-refractivity contribution is -0.132. The van der Waals surface area contributed by atoms with E-state index in [9.17, 15) is 19.2 Å². The minimum Gasteiger partial charge on any atom is -0.477 e. The Morgan fingerprint density at radius 1 is 1.31 bits per heavy atom. The van der Waals surface area contributed by atoms with Crippen LogP contribution in [0, 0.1) is 5.92 Å². The van der Waals surface area contributed by atoms with E-state index in [0.717, 1.165) is 30.5 Å². The van der Waals surface area contributed by atoms with E-state index in [-0.39, 0.29) is 48.5 Å². The molecular weight excluding hydrogens is 542 g/mol. The van der Waals surface area contributed by atoms with Crippen LogP contribution in [0.25, 0.3) is 0 Å². The maximum Gasteiger partial charge on any atom is 0.415 e. The lowest BCUT2D eigenvalue weighted by atomic mass is 9.57. The molecule has 5 atom stereocenters. The number of hydrogen-bond acceptors (Lipinski definition) is 8. The Hall–Kier alpha value is -3.87. The van der Waals surface area contributed by atoms with Crippen molar-refractivity contribution in [2.45, 2.75) is 69.1 Å². The highest BCUT2D eigenvalue weighted by Crippen LogP contribution is 2.63. The number of carbonyl (C=O) groups is 4. The zero-order valence-electron chi connectivity index (χ0n) is 24.5. The second-order valence-corrected chi connectivity index (χ2v) is 11.8. The summed E-state index contributed by atoms with van der Waals surface area (Å²) in [5.41, 5.74) is 12.5. The number of hydrogen-bond donors (Lipinski definition) is 4. The van der Waals surface area contributed by atoms with Crippen molar-refractivity contribution in [1.82, 2.24) is 20.4 Å². The van der Waals surface area contributed by atoms with Crippen molar-refractivity contribution in [2.75, 3.05) is 40.3 Å². The molecule has 2 heterocycles. The van der Waals surface area contributed by atoms with Crippen LogP contribution in [0.3, 0.4) is 0 Å². The molecule has 13 nitrogen and oxygen atoms in total. The van der Waals surface area contributed by atoms with Crippen LogP contribution in [0.15, 0.2) is 17.1 Å². The number of benzene rings is 1. The zero-order valence-corrected chi connectivity index (χ0v) is 24.5. The van der Waals surface area contributed by atoms with Gasteiger partial charge >= 0.3 is 6.09 Å². The molecule has 2 aliphatic carbocycles. The molecule has 6 N–H and O–H groups in total. The normalized spacial score (nSPS) is 25.6. The van der Waals surface area contributed by atoms with Gasteiger partial charge in [0.15, 0.2) is 29.3 Å². The topological polar surface area (TPSA) is 182 Å². The van der Waals surface area contributed by atoms with Crippen LogP contribution in [-0.2, 0) is 26.2 Å². The first-order chi connectivity index (χ1) is 20.1. The highest BCUT2D eigenvalue weighted by Gasteiger charge is 2.68. The van der Waals surface area contributed by atoms with Gasteiger partial charge in [-0.05, 0) is 50.3 Å². The molecule has 1 spiro atoms. The van der Waals surface area contributed by atoms with Crippen molar-refractivity contribution in [2.24, 2.45) is 22.4 Å². The number of nitrogens with one attached hydrogen (secondary N) is 2. The molecule has 1 aromatic rings. The maximum atomic E-state index is 13.1. The van der Waals surface area contributed by atoms with Crippen LogP contribution < -0.4 is 31.6 Å². The number of carbonyl (C=O) groups excluding carboxylic acids is 4. The predicted octanol–water partition coefficient (Wildman–Crippen LogP) is 0.0298. The minimum atomic E-state index is -0.746. The fraction of sp³-hybridized carbons (Fsp3) is 0.621. The molecule has 2 fully saturated rings. The average molecular weight is 584 g/mol. The van der Waals surface area contributed by atoms with Crippen molar-refractivity contribution in [3.63, 3.8) is 0 Å².